The molecule has 276 valence electrons. The van der Waals surface area contributed by atoms with Crippen molar-refractivity contribution in [3.8, 4) is 0 Å². The Bertz CT molecular complexity index is 853. The van der Waals surface area contributed by atoms with Crippen LogP contribution in [0.15, 0.2) is 36.5 Å². The van der Waals surface area contributed by atoms with E-state index in [9.17, 15) is 14.3 Å². The number of carbonyl (C=O) groups is 1. The smallest absolute Gasteiger partial charge is 0.457 e. The number of phosphoric acid groups is 1. The summed E-state index contributed by atoms with van der Waals surface area (Å²) in [6.45, 7) is 5.46. The molecule has 1 N–H and O–H groups in total. The van der Waals surface area contributed by atoms with Gasteiger partial charge in [0, 0.05) is 13.0 Å². The first-order valence-corrected chi connectivity index (χ1v) is 20.2. The van der Waals surface area contributed by atoms with Crippen molar-refractivity contribution < 1.29 is 37.3 Å². The fraction of sp³-hybridized carbons (Fsp3) is 0.816. The zero-order chi connectivity index (χ0) is 34.9. The number of unbranched alkanes of at least 4 members (excludes halogenated alkanes) is 14. The number of hydrogen-bond donors (Lipinski definition) is 1. The van der Waals surface area contributed by atoms with Crippen LogP contribution in [0.25, 0.3) is 0 Å². The summed E-state index contributed by atoms with van der Waals surface area (Å²) in [7, 11) is 1.66. The maximum absolute atomic E-state index is 12.6. The highest BCUT2D eigenvalue weighted by atomic mass is 31.2. The topological polar surface area (TPSA) is 91.3 Å². The Balaban J connectivity index is 4.26. The number of ether oxygens (including phenoxy) is 2. The molecule has 47 heavy (non-hydrogen) atoms. The second-order valence-corrected chi connectivity index (χ2v) is 15.0. The zero-order valence-electron chi connectivity index (χ0n) is 31.0. The second kappa shape index (κ2) is 32.0. The molecule has 0 amide bonds. The van der Waals surface area contributed by atoms with E-state index < -0.39 is 13.9 Å². The van der Waals surface area contributed by atoms with Crippen LogP contribution in [0, 0.1) is 0 Å². The highest BCUT2D eigenvalue weighted by Crippen LogP contribution is 2.43. The van der Waals surface area contributed by atoms with E-state index >= 15 is 0 Å². The number of likely N-dealkylation sites (N-methyl/N-ethyl adjacent to an activating group) is 1. The summed E-state index contributed by atoms with van der Waals surface area (Å²) in [5, 5.41) is 0. The molecule has 2 unspecified atom stereocenters. The molecule has 0 aromatic rings. The molecule has 0 saturated heterocycles. The van der Waals surface area contributed by atoms with Gasteiger partial charge in [-0.2, -0.15) is 0 Å². The van der Waals surface area contributed by atoms with Crippen LogP contribution in [0.4, 0.5) is 0 Å². The monoisotopic (exact) mass is 687 g/mol. The van der Waals surface area contributed by atoms with Gasteiger partial charge in [0.25, 0.3) is 0 Å². The predicted molar refractivity (Wildman–Crippen MR) is 196 cm³/mol. The van der Waals surface area contributed by atoms with Crippen molar-refractivity contribution >= 4 is 13.8 Å². The van der Waals surface area contributed by atoms with E-state index in [-0.39, 0.29) is 25.8 Å². The average Bonchev–Trinajstić information content (AvgIpc) is 3.01. The molecule has 0 aliphatic heterocycles. The molecule has 0 aliphatic rings. The van der Waals surface area contributed by atoms with E-state index in [0.29, 0.717) is 24.1 Å². The van der Waals surface area contributed by atoms with Crippen molar-refractivity contribution in [2.75, 3.05) is 54.1 Å². The lowest BCUT2D eigenvalue weighted by Gasteiger charge is -2.24. The van der Waals surface area contributed by atoms with Crippen LogP contribution in [0.3, 0.4) is 0 Å². The minimum atomic E-state index is -4.26. The third kappa shape index (κ3) is 35.8. The van der Waals surface area contributed by atoms with E-state index in [1.807, 2.05) is 21.1 Å². The first-order chi connectivity index (χ1) is 22.6. The summed E-state index contributed by atoms with van der Waals surface area (Å²) >= 11 is 0. The van der Waals surface area contributed by atoms with Gasteiger partial charge in [0.15, 0.2) is 0 Å². The summed E-state index contributed by atoms with van der Waals surface area (Å²) in [5.41, 5.74) is 0. The molecule has 2 atom stereocenters. The molecule has 8 nitrogen and oxygen atoms in total. The molecular weight excluding hydrogens is 613 g/mol. The van der Waals surface area contributed by atoms with Gasteiger partial charge in [-0.25, -0.2) is 4.57 Å². The molecule has 0 aliphatic carbocycles. The van der Waals surface area contributed by atoms with Crippen LogP contribution in [0.1, 0.15) is 142 Å². The summed E-state index contributed by atoms with van der Waals surface area (Å²) in [4.78, 5) is 22.7. The second-order valence-electron chi connectivity index (χ2n) is 13.6. The van der Waals surface area contributed by atoms with Gasteiger partial charge in [0.2, 0.25) is 0 Å². The van der Waals surface area contributed by atoms with Gasteiger partial charge in [-0.1, -0.05) is 127 Å². The molecule has 0 fully saturated rings. The lowest BCUT2D eigenvalue weighted by Crippen LogP contribution is -2.37. The van der Waals surface area contributed by atoms with Crippen molar-refractivity contribution in [2.24, 2.45) is 0 Å². The third-order valence-electron chi connectivity index (χ3n) is 7.72. The summed E-state index contributed by atoms with van der Waals surface area (Å²) in [6, 6.07) is 0. The van der Waals surface area contributed by atoms with Crippen LogP contribution in [0.5, 0.6) is 0 Å². The largest absolute Gasteiger partial charge is 0.472 e. The Morgan fingerprint density at radius 3 is 1.85 bits per heavy atom. The van der Waals surface area contributed by atoms with Gasteiger partial charge in [-0.15, -0.1) is 0 Å². The first kappa shape index (κ1) is 45.7. The Kier molecular flexibility index (Phi) is 31.1. The van der Waals surface area contributed by atoms with Crippen molar-refractivity contribution in [3.63, 3.8) is 0 Å². The molecule has 0 aromatic carbocycles. The summed E-state index contributed by atoms with van der Waals surface area (Å²) in [6.07, 6.45) is 34.6. The number of esters is 1. The third-order valence-corrected chi connectivity index (χ3v) is 8.70. The lowest BCUT2D eigenvalue weighted by atomic mass is 10.1. The molecule has 0 heterocycles. The number of nitrogens with zero attached hydrogens (tertiary/aromatic N) is 1. The summed E-state index contributed by atoms with van der Waals surface area (Å²) in [5.74, 6) is -0.327. The minimum Gasteiger partial charge on any atom is -0.457 e. The Labute approximate surface area is 289 Å². The Morgan fingerprint density at radius 2 is 1.23 bits per heavy atom. The SMILES string of the molecule is CC/C=C\C/C=C\C/C=C\CCCCCCCCCC(=O)OC(COCCCCCCCCCC)COP(=O)(O)OCC[N+](C)(C)C. The zero-order valence-corrected chi connectivity index (χ0v) is 31.9. The van der Waals surface area contributed by atoms with Gasteiger partial charge in [0.1, 0.15) is 19.3 Å². The van der Waals surface area contributed by atoms with Crippen LogP contribution in [-0.4, -0.2) is 75.6 Å². The fourth-order valence-electron chi connectivity index (χ4n) is 4.80. The van der Waals surface area contributed by atoms with E-state index in [1.165, 1.54) is 64.2 Å². The first-order valence-electron chi connectivity index (χ1n) is 18.7. The molecule has 0 spiro atoms. The standard InChI is InChI=1S/C38H72NO7P/c1-6-8-10-12-14-16-17-18-19-20-21-22-23-24-25-27-29-31-38(40)46-37(35-43-33-30-28-26-15-13-11-9-7-2)36-45-47(41,42)44-34-32-39(3,4)5/h8,10,14,16,18-19,37H,6-7,9,11-13,15,17,20-36H2,1-5H3/p+1/b10-8-,16-14-,19-18-. The molecule has 0 aromatic heterocycles. The minimum absolute atomic E-state index is 0.0865. The van der Waals surface area contributed by atoms with Crippen LogP contribution in [0.2, 0.25) is 0 Å². The average molecular weight is 687 g/mol. The van der Waals surface area contributed by atoms with Gasteiger partial charge >= 0.3 is 13.8 Å². The number of phosphoric ester groups is 1. The summed E-state index contributed by atoms with van der Waals surface area (Å²) < 4.78 is 34.7. The Hall–Kier alpha value is -1.28. The number of allylic oxidation sites excluding steroid dienone is 6. The maximum atomic E-state index is 12.6. The molecule has 9 heteroatoms. The van der Waals surface area contributed by atoms with Gasteiger partial charge in [0.05, 0.1) is 34.4 Å². The van der Waals surface area contributed by atoms with Crippen molar-refractivity contribution in [2.45, 2.75) is 148 Å². The fourth-order valence-corrected chi connectivity index (χ4v) is 5.54. The molecule has 0 rings (SSSR count). The van der Waals surface area contributed by atoms with Crippen LogP contribution < -0.4 is 0 Å². The normalized spacial score (nSPS) is 14.4. The number of carbonyl (C=O) groups excluding carboxylic acids is 1. The quantitative estimate of drug-likeness (QED) is 0.0237. The highest BCUT2D eigenvalue weighted by molar-refractivity contribution is 7.47. The number of quaternary nitrogens is 1. The van der Waals surface area contributed by atoms with Crippen molar-refractivity contribution in [3.05, 3.63) is 36.5 Å². The van der Waals surface area contributed by atoms with E-state index in [1.54, 1.807) is 0 Å². The van der Waals surface area contributed by atoms with E-state index in [0.717, 1.165) is 57.8 Å². The van der Waals surface area contributed by atoms with Crippen molar-refractivity contribution in [1.82, 2.24) is 0 Å². The van der Waals surface area contributed by atoms with E-state index in [4.69, 9.17) is 18.5 Å². The predicted octanol–water partition coefficient (Wildman–Crippen LogP) is 10.3. The van der Waals surface area contributed by atoms with Gasteiger partial charge < -0.3 is 18.9 Å². The van der Waals surface area contributed by atoms with Crippen LogP contribution >= 0.6 is 7.82 Å². The number of rotatable bonds is 34. The number of hydrogen-bond acceptors (Lipinski definition) is 6. The Morgan fingerprint density at radius 1 is 0.681 bits per heavy atom. The highest BCUT2D eigenvalue weighted by Gasteiger charge is 2.26. The van der Waals surface area contributed by atoms with E-state index in [2.05, 4.69) is 50.3 Å². The molecule has 0 saturated carbocycles. The molecule has 0 bridgehead atoms. The lowest BCUT2D eigenvalue weighted by molar-refractivity contribution is -0.870. The molecule has 0 radical (unpaired) electrons. The van der Waals surface area contributed by atoms with Gasteiger partial charge in [-0.3, -0.25) is 13.8 Å². The van der Waals surface area contributed by atoms with Crippen molar-refractivity contribution in [1.29, 1.82) is 0 Å². The maximum Gasteiger partial charge on any atom is 0.472 e. The van der Waals surface area contributed by atoms with Crippen LogP contribution in [-0.2, 0) is 27.9 Å². The molecular formula is C38H73NO7P+. The van der Waals surface area contributed by atoms with Gasteiger partial charge in [-0.05, 0) is 44.9 Å².